The van der Waals surface area contributed by atoms with Crippen molar-refractivity contribution in [1.82, 2.24) is 4.31 Å². The fourth-order valence-corrected chi connectivity index (χ4v) is 3.74. The number of rotatable bonds is 6. The Labute approximate surface area is 119 Å². The fourth-order valence-electron chi connectivity index (χ4n) is 2.12. The monoisotopic (exact) mass is 291 g/mol. The molecule has 0 aromatic heterocycles. The van der Waals surface area contributed by atoms with E-state index in [9.17, 15) is 8.42 Å². The topological polar surface area (TPSA) is 57.6 Å². The summed E-state index contributed by atoms with van der Waals surface area (Å²) >= 11 is 0. The largest absolute Gasteiger partial charge is 0.395 e. The van der Waals surface area contributed by atoms with E-state index in [-0.39, 0.29) is 24.6 Å². The first kappa shape index (κ1) is 14.7. The summed E-state index contributed by atoms with van der Waals surface area (Å²) in [6.45, 7) is 3.57. The molecular weight excluding hydrogens is 274 g/mol. The van der Waals surface area contributed by atoms with Gasteiger partial charge in [0.2, 0.25) is 10.0 Å². The highest BCUT2D eigenvalue weighted by molar-refractivity contribution is 7.89. The number of fused-ring (bicyclic) bond motifs is 1. The van der Waals surface area contributed by atoms with Gasteiger partial charge in [-0.3, -0.25) is 0 Å². The molecule has 0 unspecified atom stereocenters. The summed E-state index contributed by atoms with van der Waals surface area (Å²) in [4.78, 5) is 0.255. The Kier molecular flexibility index (Phi) is 4.54. The third-order valence-corrected chi connectivity index (χ3v) is 4.97. The van der Waals surface area contributed by atoms with Crippen molar-refractivity contribution in [3.63, 3.8) is 0 Å². The van der Waals surface area contributed by atoms with Gasteiger partial charge in [0.25, 0.3) is 0 Å². The molecule has 1 N–H and O–H groups in total. The lowest BCUT2D eigenvalue weighted by Crippen LogP contribution is -2.33. The molecule has 0 saturated heterocycles. The van der Waals surface area contributed by atoms with Crippen molar-refractivity contribution >= 4 is 20.8 Å². The molecule has 4 nitrogen and oxygen atoms in total. The van der Waals surface area contributed by atoms with Crippen LogP contribution in [0.25, 0.3) is 10.8 Å². The molecule has 0 atom stereocenters. The minimum atomic E-state index is -3.65. The predicted molar refractivity (Wildman–Crippen MR) is 80.0 cm³/mol. The third-order valence-electron chi connectivity index (χ3n) is 3.05. The number of hydrogen-bond acceptors (Lipinski definition) is 3. The molecule has 0 amide bonds. The van der Waals surface area contributed by atoms with E-state index in [0.29, 0.717) is 5.39 Å². The number of nitrogens with zero attached hydrogens (tertiary/aromatic N) is 1. The van der Waals surface area contributed by atoms with Crippen LogP contribution in [-0.4, -0.2) is 37.5 Å². The van der Waals surface area contributed by atoms with Crippen molar-refractivity contribution < 1.29 is 13.5 Å². The molecule has 0 spiro atoms. The molecule has 0 aliphatic carbocycles. The highest BCUT2D eigenvalue weighted by Crippen LogP contribution is 2.25. The first-order valence-corrected chi connectivity index (χ1v) is 7.75. The van der Waals surface area contributed by atoms with Gasteiger partial charge in [-0.25, -0.2) is 8.42 Å². The molecule has 2 aromatic carbocycles. The number of aliphatic hydroxyl groups excluding tert-OH is 1. The second kappa shape index (κ2) is 6.17. The minimum absolute atomic E-state index is 0.0531. The van der Waals surface area contributed by atoms with Crippen LogP contribution < -0.4 is 0 Å². The summed E-state index contributed by atoms with van der Waals surface area (Å²) in [7, 11) is -3.65. The molecular formula is C15H17NO3S. The van der Waals surface area contributed by atoms with Crippen molar-refractivity contribution in [2.24, 2.45) is 0 Å². The summed E-state index contributed by atoms with van der Waals surface area (Å²) < 4.78 is 26.6. The SMILES string of the molecule is C=CCN(CCO)S(=O)(=O)c1cccc2ccccc12. The smallest absolute Gasteiger partial charge is 0.244 e. The van der Waals surface area contributed by atoms with E-state index in [1.165, 1.54) is 10.4 Å². The lowest BCUT2D eigenvalue weighted by molar-refractivity contribution is 0.260. The van der Waals surface area contributed by atoms with Gasteiger partial charge < -0.3 is 5.11 Å². The second-order valence-corrected chi connectivity index (χ2v) is 6.26. The van der Waals surface area contributed by atoms with E-state index in [4.69, 9.17) is 5.11 Å². The number of benzene rings is 2. The van der Waals surface area contributed by atoms with E-state index in [1.54, 1.807) is 18.2 Å². The van der Waals surface area contributed by atoms with E-state index in [0.717, 1.165) is 5.39 Å². The van der Waals surface area contributed by atoms with E-state index in [2.05, 4.69) is 6.58 Å². The number of aliphatic hydroxyl groups is 1. The average Bonchev–Trinajstić information content (AvgIpc) is 2.46. The molecule has 0 saturated carbocycles. The Morgan fingerprint density at radius 1 is 1.15 bits per heavy atom. The van der Waals surface area contributed by atoms with Gasteiger partial charge in [-0.05, 0) is 11.5 Å². The molecule has 0 aliphatic heterocycles. The van der Waals surface area contributed by atoms with E-state index in [1.807, 2.05) is 24.3 Å². The lowest BCUT2D eigenvalue weighted by Gasteiger charge is -2.20. The Bertz CT molecular complexity index is 705. The van der Waals surface area contributed by atoms with Crippen LogP contribution >= 0.6 is 0 Å². The zero-order chi connectivity index (χ0) is 14.6. The summed E-state index contributed by atoms with van der Waals surface area (Å²) in [5.74, 6) is 0. The zero-order valence-electron chi connectivity index (χ0n) is 11.1. The predicted octanol–water partition coefficient (Wildman–Crippen LogP) is 2.01. The van der Waals surface area contributed by atoms with Crippen LogP contribution in [0.2, 0.25) is 0 Å². The molecule has 0 radical (unpaired) electrons. The quantitative estimate of drug-likeness (QED) is 0.828. The maximum Gasteiger partial charge on any atom is 0.244 e. The number of hydrogen-bond donors (Lipinski definition) is 1. The summed E-state index contributed by atoms with van der Waals surface area (Å²) in [6, 6.07) is 12.5. The van der Waals surface area contributed by atoms with Gasteiger partial charge >= 0.3 is 0 Å². The van der Waals surface area contributed by atoms with Gasteiger partial charge in [0, 0.05) is 18.5 Å². The van der Waals surface area contributed by atoms with Crippen LogP contribution in [0.1, 0.15) is 0 Å². The van der Waals surface area contributed by atoms with Crippen LogP contribution in [-0.2, 0) is 10.0 Å². The van der Waals surface area contributed by atoms with Crippen LogP contribution in [0.5, 0.6) is 0 Å². The molecule has 106 valence electrons. The molecule has 5 heteroatoms. The highest BCUT2D eigenvalue weighted by Gasteiger charge is 2.24. The zero-order valence-corrected chi connectivity index (χ0v) is 11.9. The third kappa shape index (κ3) is 2.75. The van der Waals surface area contributed by atoms with Gasteiger partial charge in [0.15, 0.2) is 0 Å². The molecule has 0 bridgehead atoms. The van der Waals surface area contributed by atoms with Gasteiger partial charge in [0.1, 0.15) is 0 Å². The van der Waals surface area contributed by atoms with Crippen LogP contribution in [0.4, 0.5) is 0 Å². The van der Waals surface area contributed by atoms with Crippen molar-refractivity contribution in [1.29, 1.82) is 0 Å². The fraction of sp³-hybridized carbons (Fsp3) is 0.200. The second-order valence-electron chi connectivity index (χ2n) is 4.35. The normalized spacial score (nSPS) is 11.9. The minimum Gasteiger partial charge on any atom is -0.395 e. The molecule has 0 fully saturated rings. The van der Waals surface area contributed by atoms with E-state index >= 15 is 0 Å². The standard InChI is InChI=1S/C15H17NO3S/c1-2-10-16(11-12-17)20(18,19)15-9-5-7-13-6-3-4-8-14(13)15/h2-9,17H,1,10-12H2. The molecule has 0 heterocycles. The van der Waals surface area contributed by atoms with Crippen LogP contribution in [0.15, 0.2) is 60.0 Å². The number of sulfonamides is 1. The highest BCUT2D eigenvalue weighted by atomic mass is 32.2. The maximum absolute atomic E-state index is 12.7. The average molecular weight is 291 g/mol. The van der Waals surface area contributed by atoms with Crippen molar-refractivity contribution in [2.45, 2.75) is 4.90 Å². The first-order chi connectivity index (χ1) is 9.61. The van der Waals surface area contributed by atoms with Crippen LogP contribution in [0.3, 0.4) is 0 Å². The molecule has 2 rings (SSSR count). The molecule has 0 aliphatic rings. The first-order valence-electron chi connectivity index (χ1n) is 6.31. The lowest BCUT2D eigenvalue weighted by atomic mass is 10.1. The van der Waals surface area contributed by atoms with Gasteiger partial charge in [0.05, 0.1) is 11.5 Å². The van der Waals surface area contributed by atoms with Gasteiger partial charge in [-0.2, -0.15) is 4.31 Å². The summed E-state index contributed by atoms with van der Waals surface area (Å²) in [5.41, 5.74) is 0. The Hall–Kier alpha value is -1.69. The Morgan fingerprint density at radius 2 is 1.85 bits per heavy atom. The molecule has 20 heavy (non-hydrogen) atoms. The van der Waals surface area contributed by atoms with Gasteiger partial charge in [-0.15, -0.1) is 6.58 Å². The van der Waals surface area contributed by atoms with E-state index < -0.39 is 10.0 Å². The Balaban J connectivity index is 2.58. The molecule has 2 aromatic rings. The van der Waals surface area contributed by atoms with Gasteiger partial charge in [-0.1, -0.05) is 42.5 Å². The Morgan fingerprint density at radius 3 is 2.55 bits per heavy atom. The van der Waals surface area contributed by atoms with Crippen molar-refractivity contribution in [2.75, 3.05) is 19.7 Å². The van der Waals surface area contributed by atoms with Crippen molar-refractivity contribution in [3.05, 3.63) is 55.1 Å². The summed E-state index contributed by atoms with van der Waals surface area (Å²) in [6.07, 6.45) is 1.51. The van der Waals surface area contributed by atoms with Crippen molar-refractivity contribution in [3.8, 4) is 0 Å². The maximum atomic E-state index is 12.7. The van der Waals surface area contributed by atoms with Crippen LogP contribution in [0, 0.1) is 0 Å². The summed E-state index contributed by atoms with van der Waals surface area (Å²) in [5, 5.41) is 10.6.